The van der Waals surface area contributed by atoms with Gasteiger partial charge in [-0.15, -0.1) is 0 Å². The van der Waals surface area contributed by atoms with Gasteiger partial charge in [-0.1, -0.05) is 17.7 Å². The second kappa shape index (κ2) is 5.94. The summed E-state index contributed by atoms with van der Waals surface area (Å²) in [5.41, 5.74) is 2.04. The van der Waals surface area contributed by atoms with Gasteiger partial charge in [-0.05, 0) is 42.3 Å². The molecule has 94 valence electrons. The van der Waals surface area contributed by atoms with E-state index in [2.05, 4.69) is 17.2 Å². The molecule has 0 bridgehead atoms. The Morgan fingerprint density at radius 2 is 2.00 bits per heavy atom. The number of hydrogen-bond donors (Lipinski definition) is 1. The summed E-state index contributed by atoms with van der Waals surface area (Å²) in [5.74, 6) is -0.314. The van der Waals surface area contributed by atoms with Gasteiger partial charge in [0.15, 0.2) is 0 Å². The first kappa shape index (κ1) is 13.0. The van der Waals surface area contributed by atoms with Crippen molar-refractivity contribution >= 4 is 11.6 Å². The quantitative estimate of drug-likeness (QED) is 0.910. The minimum atomic E-state index is -0.314. The van der Waals surface area contributed by atoms with E-state index in [4.69, 9.17) is 11.6 Å². The van der Waals surface area contributed by atoms with E-state index >= 15 is 0 Å². The summed E-state index contributed by atoms with van der Waals surface area (Å²) in [6.07, 6.45) is 3.52. The van der Waals surface area contributed by atoms with Crippen molar-refractivity contribution in [2.75, 3.05) is 0 Å². The van der Waals surface area contributed by atoms with Crippen LogP contribution in [0.4, 0.5) is 4.39 Å². The second-order valence-electron chi connectivity index (χ2n) is 4.12. The van der Waals surface area contributed by atoms with E-state index < -0.39 is 0 Å². The molecule has 0 aliphatic rings. The molecule has 2 aromatic rings. The van der Waals surface area contributed by atoms with Gasteiger partial charge in [-0.3, -0.25) is 4.98 Å². The first-order valence-corrected chi connectivity index (χ1v) is 6.12. The summed E-state index contributed by atoms with van der Waals surface area (Å²) in [7, 11) is 0. The average molecular weight is 265 g/mol. The van der Waals surface area contributed by atoms with Crippen molar-refractivity contribution in [1.82, 2.24) is 10.3 Å². The number of halogens is 2. The fraction of sp³-hybridized carbons (Fsp3) is 0.214. The Morgan fingerprint density at radius 1 is 1.28 bits per heavy atom. The number of aromatic nitrogens is 1. The molecule has 2 nitrogen and oxygen atoms in total. The number of pyridine rings is 1. The number of nitrogens with zero attached hydrogens (tertiary/aromatic N) is 1. The van der Waals surface area contributed by atoms with Crippen LogP contribution in [0.2, 0.25) is 5.02 Å². The Hall–Kier alpha value is -1.45. The molecule has 1 unspecified atom stereocenters. The predicted molar refractivity (Wildman–Crippen MR) is 70.9 cm³/mol. The third-order valence-corrected chi connectivity index (χ3v) is 3.17. The molecule has 2 rings (SSSR count). The van der Waals surface area contributed by atoms with Gasteiger partial charge in [0.2, 0.25) is 0 Å². The lowest BCUT2D eigenvalue weighted by Crippen LogP contribution is -2.18. The molecule has 1 atom stereocenters. The summed E-state index contributed by atoms with van der Waals surface area (Å²) < 4.78 is 12.9. The maximum Gasteiger partial charge on any atom is 0.124 e. The molecule has 0 saturated carbocycles. The zero-order valence-corrected chi connectivity index (χ0v) is 10.8. The zero-order valence-electron chi connectivity index (χ0n) is 10.0. The lowest BCUT2D eigenvalue weighted by atomic mass is 10.1. The Balaban J connectivity index is 1.99. The van der Waals surface area contributed by atoms with Crippen molar-refractivity contribution in [3.63, 3.8) is 0 Å². The van der Waals surface area contributed by atoms with Crippen molar-refractivity contribution in [3.05, 3.63) is 64.7 Å². The minimum absolute atomic E-state index is 0.189. The molecule has 1 aromatic carbocycles. The average Bonchev–Trinajstić information content (AvgIpc) is 2.38. The lowest BCUT2D eigenvalue weighted by molar-refractivity contribution is 0.572. The molecular formula is C14H14ClFN2. The van der Waals surface area contributed by atoms with Gasteiger partial charge < -0.3 is 5.32 Å². The van der Waals surface area contributed by atoms with E-state index in [9.17, 15) is 4.39 Å². The topological polar surface area (TPSA) is 24.9 Å². The SMILES string of the molecule is CC(NCc1ccc(F)cc1Cl)c1ccncc1. The van der Waals surface area contributed by atoms with E-state index in [-0.39, 0.29) is 11.9 Å². The Morgan fingerprint density at radius 3 is 2.67 bits per heavy atom. The van der Waals surface area contributed by atoms with Gasteiger partial charge in [0, 0.05) is 30.0 Å². The number of hydrogen-bond acceptors (Lipinski definition) is 2. The first-order chi connectivity index (χ1) is 8.66. The van der Waals surface area contributed by atoms with Crippen molar-refractivity contribution in [3.8, 4) is 0 Å². The van der Waals surface area contributed by atoms with Gasteiger partial charge in [0.05, 0.1) is 0 Å². The van der Waals surface area contributed by atoms with E-state index in [1.807, 2.05) is 12.1 Å². The molecule has 0 aliphatic carbocycles. The molecule has 0 saturated heterocycles. The molecule has 4 heteroatoms. The Bertz CT molecular complexity index is 516. The number of nitrogens with one attached hydrogen (secondary N) is 1. The smallest absolute Gasteiger partial charge is 0.124 e. The fourth-order valence-electron chi connectivity index (χ4n) is 1.70. The molecule has 0 fully saturated rings. The fourth-order valence-corrected chi connectivity index (χ4v) is 1.93. The highest BCUT2D eigenvalue weighted by atomic mass is 35.5. The predicted octanol–water partition coefficient (Wildman–Crippen LogP) is 3.72. The Labute approximate surface area is 111 Å². The maximum atomic E-state index is 12.9. The van der Waals surface area contributed by atoms with Gasteiger partial charge in [0.25, 0.3) is 0 Å². The highest BCUT2D eigenvalue weighted by molar-refractivity contribution is 6.31. The number of benzene rings is 1. The van der Waals surface area contributed by atoms with E-state index in [0.29, 0.717) is 11.6 Å². The molecule has 0 spiro atoms. The first-order valence-electron chi connectivity index (χ1n) is 5.74. The lowest BCUT2D eigenvalue weighted by Gasteiger charge is -2.14. The second-order valence-corrected chi connectivity index (χ2v) is 4.53. The van der Waals surface area contributed by atoms with Crippen LogP contribution in [0.3, 0.4) is 0 Å². The molecule has 1 N–H and O–H groups in total. The molecule has 0 aliphatic heterocycles. The molecular weight excluding hydrogens is 251 g/mol. The zero-order chi connectivity index (χ0) is 13.0. The van der Waals surface area contributed by atoms with Crippen LogP contribution in [0.15, 0.2) is 42.7 Å². The minimum Gasteiger partial charge on any atom is -0.306 e. The summed E-state index contributed by atoms with van der Waals surface area (Å²) in [5, 5.41) is 3.79. The van der Waals surface area contributed by atoms with Crippen LogP contribution in [0.1, 0.15) is 24.1 Å². The van der Waals surface area contributed by atoms with Crippen LogP contribution in [0.5, 0.6) is 0 Å². The molecule has 0 radical (unpaired) electrons. The molecule has 1 heterocycles. The van der Waals surface area contributed by atoms with Gasteiger partial charge in [-0.25, -0.2) is 4.39 Å². The highest BCUT2D eigenvalue weighted by Gasteiger charge is 2.06. The third kappa shape index (κ3) is 3.28. The Kier molecular flexibility index (Phi) is 4.28. The highest BCUT2D eigenvalue weighted by Crippen LogP contribution is 2.18. The van der Waals surface area contributed by atoms with Crippen molar-refractivity contribution in [1.29, 1.82) is 0 Å². The molecule has 1 aromatic heterocycles. The van der Waals surface area contributed by atoms with E-state index in [1.54, 1.807) is 18.5 Å². The van der Waals surface area contributed by atoms with Crippen molar-refractivity contribution in [2.24, 2.45) is 0 Å². The maximum absolute atomic E-state index is 12.9. The van der Waals surface area contributed by atoms with Crippen molar-refractivity contribution in [2.45, 2.75) is 19.5 Å². The van der Waals surface area contributed by atoms with Gasteiger partial charge in [0.1, 0.15) is 5.82 Å². The van der Waals surface area contributed by atoms with Gasteiger partial charge >= 0.3 is 0 Å². The van der Waals surface area contributed by atoms with Crippen LogP contribution in [-0.4, -0.2) is 4.98 Å². The normalized spacial score (nSPS) is 12.4. The van der Waals surface area contributed by atoms with Crippen LogP contribution >= 0.6 is 11.6 Å². The van der Waals surface area contributed by atoms with Crippen LogP contribution in [0.25, 0.3) is 0 Å². The third-order valence-electron chi connectivity index (χ3n) is 2.82. The summed E-state index contributed by atoms with van der Waals surface area (Å²) in [4.78, 5) is 3.98. The van der Waals surface area contributed by atoms with Crippen LogP contribution in [0, 0.1) is 5.82 Å². The standard InChI is InChI=1S/C14H14ClFN2/c1-10(11-4-6-17-7-5-11)18-9-12-2-3-13(16)8-14(12)15/h2-8,10,18H,9H2,1H3. The van der Waals surface area contributed by atoms with Crippen LogP contribution in [-0.2, 0) is 6.54 Å². The van der Waals surface area contributed by atoms with Crippen molar-refractivity contribution < 1.29 is 4.39 Å². The van der Waals surface area contributed by atoms with Crippen LogP contribution < -0.4 is 5.32 Å². The summed E-state index contributed by atoms with van der Waals surface area (Å²) in [6.45, 7) is 2.66. The van der Waals surface area contributed by atoms with Gasteiger partial charge in [-0.2, -0.15) is 0 Å². The number of rotatable bonds is 4. The summed E-state index contributed by atoms with van der Waals surface area (Å²) >= 11 is 5.97. The van der Waals surface area contributed by atoms with E-state index in [1.165, 1.54) is 12.1 Å². The largest absolute Gasteiger partial charge is 0.306 e. The monoisotopic (exact) mass is 264 g/mol. The summed E-state index contributed by atoms with van der Waals surface area (Å²) in [6, 6.07) is 8.56. The molecule has 18 heavy (non-hydrogen) atoms. The van der Waals surface area contributed by atoms with E-state index in [0.717, 1.165) is 11.1 Å². The molecule has 0 amide bonds.